The van der Waals surface area contributed by atoms with Gasteiger partial charge in [-0.2, -0.15) is 0 Å². The van der Waals surface area contributed by atoms with Crippen molar-refractivity contribution in [2.24, 2.45) is 0 Å². The van der Waals surface area contributed by atoms with Crippen LogP contribution in [0, 0.1) is 13.8 Å². The molecule has 0 fully saturated rings. The maximum Gasteiger partial charge on any atom is 0.326 e. The smallest absolute Gasteiger partial charge is 0.326 e. The summed E-state index contributed by atoms with van der Waals surface area (Å²) in [5.41, 5.74) is 7.15. The third-order valence-electron chi connectivity index (χ3n) is 7.65. The molecule has 1 heterocycles. The molecule has 2 amide bonds. The van der Waals surface area contributed by atoms with Crippen LogP contribution >= 0.6 is 0 Å². The van der Waals surface area contributed by atoms with Crippen LogP contribution in [-0.2, 0) is 21.2 Å². The van der Waals surface area contributed by atoms with Gasteiger partial charge in [0.1, 0.15) is 18.1 Å². The van der Waals surface area contributed by atoms with Crippen molar-refractivity contribution in [3.63, 3.8) is 0 Å². The average Bonchev–Trinajstić information content (AvgIpc) is 3.36. The van der Waals surface area contributed by atoms with Gasteiger partial charge in [-0.15, -0.1) is 0 Å². The van der Waals surface area contributed by atoms with Crippen LogP contribution in [-0.4, -0.2) is 45.4 Å². The first kappa shape index (κ1) is 30.6. The Balaban J connectivity index is 1.26. The Hall–Kier alpha value is -4.83. The lowest BCUT2D eigenvalue weighted by Gasteiger charge is -2.20. The predicted octanol–water partition coefficient (Wildman–Crippen LogP) is 6.57. The summed E-state index contributed by atoms with van der Waals surface area (Å²) in [4.78, 5) is 25.7. The molecule has 0 bridgehead atoms. The Morgan fingerprint density at radius 3 is 2.36 bits per heavy atom. The topological polar surface area (TPSA) is 122 Å². The second-order valence-electron chi connectivity index (χ2n) is 11.0. The number of nitrogens with one attached hydrogen (secondary N) is 1. The molecule has 1 aliphatic rings. The van der Waals surface area contributed by atoms with Crippen LogP contribution in [0.25, 0.3) is 11.1 Å². The highest BCUT2D eigenvalue weighted by Crippen LogP contribution is 2.38. The van der Waals surface area contributed by atoms with Gasteiger partial charge in [0.05, 0.1) is 17.9 Å². The van der Waals surface area contributed by atoms with E-state index in [-0.39, 0.29) is 23.3 Å². The van der Waals surface area contributed by atoms with Crippen LogP contribution in [0.4, 0.5) is 16.2 Å². The Morgan fingerprint density at radius 1 is 1.00 bits per heavy atom. The lowest BCUT2D eigenvalue weighted by atomic mass is 9.94. The van der Waals surface area contributed by atoms with E-state index >= 15 is 0 Å². The number of amides is 2. The molecule has 0 aromatic heterocycles. The average molecular weight is 615 g/mol. The summed E-state index contributed by atoms with van der Waals surface area (Å²) in [5, 5.41) is 12.1. The zero-order chi connectivity index (χ0) is 31.6. The lowest BCUT2D eigenvalue weighted by molar-refractivity contribution is -0.137. The van der Waals surface area contributed by atoms with Gasteiger partial charge in [0, 0.05) is 42.2 Å². The van der Waals surface area contributed by atoms with Crippen LogP contribution in [0.15, 0.2) is 83.8 Å². The molecule has 2 N–H and O–H groups in total. The van der Waals surface area contributed by atoms with Gasteiger partial charge in [0.25, 0.3) is 0 Å². The molecule has 10 heteroatoms. The fourth-order valence-electron chi connectivity index (χ4n) is 5.44. The number of ether oxygens (including phenoxy) is 2. The number of carboxylic acid groups (broad SMARTS) is 1. The summed E-state index contributed by atoms with van der Waals surface area (Å²) in [6.45, 7) is 4.69. The molecule has 44 heavy (non-hydrogen) atoms. The molecule has 0 radical (unpaired) electrons. The summed E-state index contributed by atoms with van der Waals surface area (Å²) in [7, 11) is -1.70. The summed E-state index contributed by atoms with van der Waals surface area (Å²) in [5.74, 6) is 0.313. The highest BCUT2D eigenvalue weighted by atomic mass is 32.2. The van der Waals surface area contributed by atoms with E-state index in [9.17, 15) is 18.0 Å². The fraction of sp³-hybridized carbons (Fsp3) is 0.235. The van der Waals surface area contributed by atoms with Gasteiger partial charge in [0.2, 0.25) is 0 Å². The highest BCUT2D eigenvalue weighted by Gasteiger charge is 2.26. The lowest BCUT2D eigenvalue weighted by Crippen LogP contribution is -2.31. The van der Waals surface area contributed by atoms with Crippen LogP contribution in [0.2, 0.25) is 0 Å². The van der Waals surface area contributed by atoms with Crippen molar-refractivity contribution in [2.75, 3.05) is 30.1 Å². The molecule has 4 aromatic rings. The third kappa shape index (κ3) is 6.86. The van der Waals surface area contributed by atoms with Crippen molar-refractivity contribution in [2.45, 2.75) is 37.7 Å². The highest BCUT2D eigenvalue weighted by molar-refractivity contribution is 7.90. The molecule has 0 saturated carbocycles. The molecule has 9 nitrogen and oxygen atoms in total. The van der Waals surface area contributed by atoms with Gasteiger partial charge in [0.15, 0.2) is 9.84 Å². The number of rotatable bonds is 9. The van der Waals surface area contributed by atoms with Gasteiger partial charge in [-0.05, 0) is 90.2 Å². The summed E-state index contributed by atoms with van der Waals surface area (Å²) >= 11 is 0. The van der Waals surface area contributed by atoms with Crippen molar-refractivity contribution < 1.29 is 32.6 Å². The Morgan fingerprint density at radius 2 is 1.70 bits per heavy atom. The standard InChI is InChI=1S/C34H34N2O7S/c1-21-14-26(35-34(39)36(3)27-8-11-29(12-9-27)44(4,40)41)15-22(2)33(21)24-7-5-6-23(16-24)19-42-28-10-13-30-25(17-32(37)38)20-43-31(30)18-28/h5-16,18,25H,17,19-20H2,1-4H3,(H,35,39)(H,37,38). The first-order valence-electron chi connectivity index (χ1n) is 14.1. The number of hydrogen-bond donors (Lipinski definition) is 2. The molecular formula is C34H34N2O7S. The Kier molecular flexibility index (Phi) is 8.64. The minimum absolute atomic E-state index is 0.0343. The van der Waals surface area contributed by atoms with Gasteiger partial charge in [-0.3, -0.25) is 9.69 Å². The van der Waals surface area contributed by atoms with E-state index in [0.29, 0.717) is 36.1 Å². The number of nitrogens with zero attached hydrogens (tertiary/aromatic N) is 1. The van der Waals surface area contributed by atoms with Crippen LogP contribution in [0.5, 0.6) is 11.5 Å². The second kappa shape index (κ2) is 12.4. The Labute approximate surface area is 257 Å². The summed E-state index contributed by atoms with van der Waals surface area (Å²) in [6.07, 6.45) is 1.18. The minimum atomic E-state index is -3.32. The number of benzene rings is 4. The van der Waals surface area contributed by atoms with E-state index in [1.807, 2.05) is 62.4 Å². The van der Waals surface area contributed by atoms with Crippen molar-refractivity contribution in [3.05, 3.63) is 101 Å². The van der Waals surface area contributed by atoms with Gasteiger partial charge >= 0.3 is 12.0 Å². The number of aryl methyl sites for hydroxylation is 2. The molecule has 4 aromatic carbocycles. The number of anilines is 2. The largest absolute Gasteiger partial charge is 0.492 e. The van der Waals surface area contributed by atoms with Crippen LogP contribution < -0.4 is 19.7 Å². The quantitative estimate of drug-likeness (QED) is 0.219. The molecule has 5 rings (SSSR count). The maximum atomic E-state index is 13.0. The van der Waals surface area contributed by atoms with E-state index in [2.05, 4.69) is 11.4 Å². The number of urea groups is 1. The van der Waals surface area contributed by atoms with E-state index in [4.69, 9.17) is 14.6 Å². The number of sulfone groups is 1. The third-order valence-corrected chi connectivity index (χ3v) is 8.78. The van der Waals surface area contributed by atoms with Crippen LogP contribution in [0.1, 0.15) is 34.6 Å². The van der Waals surface area contributed by atoms with Crippen molar-refractivity contribution >= 4 is 33.2 Å². The van der Waals surface area contributed by atoms with E-state index in [1.54, 1.807) is 19.2 Å². The normalized spacial score (nSPS) is 14.0. The van der Waals surface area contributed by atoms with Crippen molar-refractivity contribution in [1.82, 2.24) is 0 Å². The SMILES string of the molecule is Cc1cc(NC(=O)N(C)c2ccc(S(C)(=O)=O)cc2)cc(C)c1-c1cccc(COc2ccc3c(c2)OCC3CC(=O)O)c1. The van der Waals surface area contributed by atoms with Crippen molar-refractivity contribution in [1.29, 1.82) is 0 Å². The van der Waals surface area contributed by atoms with Crippen LogP contribution in [0.3, 0.4) is 0 Å². The maximum absolute atomic E-state index is 13.0. The Bertz CT molecular complexity index is 1810. The van der Waals surface area contributed by atoms with E-state index < -0.39 is 15.8 Å². The number of fused-ring (bicyclic) bond motifs is 1. The number of carboxylic acids is 1. The number of aliphatic carboxylic acids is 1. The molecule has 1 unspecified atom stereocenters. The number of carbonyl (C=O) groups excluding carboxylic acids is 1. The zero-order valence-electron chi connectivity index (χ0n) is 25.0. The fourth-order valence-corrected chi connectivity index (χ4v) is 6.07. The molecule has 228 valence electrons. The van der Waals surface area contributed by atoms with Crippen molar-refractivity contribution in [3.8, 4) is 22.6 Å². The molecule has 0 saturated heterocycles. The monoisotopic (exact) mass is 614 g/mol. The number of carbonyl (C=O) groups is 2. The van der Waals surface area contributed by atoms with Gasteiger partial charge in [-0.1, -0.05) is 24.3 Å². The van der Waals surface area contributed by atoms with E-state index in [1.165, 1.54) is 17.0 Å². The summed E-state index contributed by atoms with van der Waals surface area (Å²) < 4.78 is 35.2. The summed E-state index contributed by atoms with van der Waals surface area (Å²) in [6, 6.07) is 23.3. The molecular weight excluding hydrogens is 580 g/mol. The zero-order valence-corrected chi connectivity index (χ0v) is 25.8. The molecule has 0 spiro atoms. The molecule has 1 atom stereocenters. The van der Waals surface area contributed by atoms with Gasteiger partial charge < -0.3 is 19.9 Å². The molecule has 1 aliphatic heterocycles. The first-order chi connectivity index (χ1) is 20.9. The first-order valence-corrected chi connectivity index (χ1v) is 15.9. The molecule has 0 aliphatic carbocycles. The van der Waals surface area contributed by atoms with Gasteiger partial charge in [-0.25, -0.2) is 13.2 Å². The van der Waals surface area contributed by atoms with E-state index in [0.717, 1.165) is 39.6 Å². The predicted molar refractivity (Wildman–Crippen MR) is 170 cm³/mol. The number of hydrogen-bond acceptors (Lipinski definition) is 6. The minimum Gasteiger partial charge on any atom is -0.492 e. The second-order valence-corrected chi connectivity index (χ2v) is 13.1.